The number of rotatable bonds is 9. The molecule has 0 aliphatic heterocycles. The van der Waals surface area contributed by atoms with Crippen molar-refractivity contribution in [3.05, 3.63) is 22.4 Å². The van der Waals surface area contributed by atoms with Crippen LogP contribution in [0.5, 0.6) is 0 Å². The third kappa shape index (κ3) is 5.72. The van der Waals surface area contributed by atoms with E-state index in [0.29, 0.717) is 19.5 Å². The van der Waals surface area contributed by atoms with E-state index in [4.69, 9.17) is 5.73 Å². The highest BCUT2D eigenvalue weighted by atomic mass is 32.1. The lowest BCUT2D eigenvalue weighted by Gasteiger charge is -2.26. The van der Waals surface area contributed by atoms with Crippen LogP contribution in [0.15, 0.2) is 17.5 Å². The van der Waals surface area contributed by atoms with Crippen LogP contribution in [-0.2, 0) is 11.3 Å². The van der Waals surface area contributed by atoms with Gasteiger partial charge >= 0.3 is 0 Å². The van der Waals surface area contributed by atoms with E-state index >= 15 is 0 Å². The summed E-state index contributed by atoms with van der Waals surface area (Å²) in [5.41, 5.74) is 5.49. The molecule has 5 heteroatoms. The maximum absolute atomic E-state index is 12.1. The van der Waals surface area contributed by atoms with E-state index < -0.39 is 0 Å². The van der Waals surface area contributed by atoms with Crippen molar-refractivity contribution in [3.8, 4) is 0 Å². The number of nitrogens with zero attached hydrogens (tertiary/aromatic N) is 2. The smallest absolute Gasteiger partial charge is 0.224 e. The average Bonchev–Trinajstić information content (AvgIpc) is 2.91. The summed E-state index contributed by atoms with van der Waals surface area (Å²) in [6.45, 7) is 9.17. The van der Waals surface area contributed by atoms with Crippen LogP contribution in [-0.4, -0.2) is 48.4 Å². The minimum Gasteiger partial charge on any atom is -0.336 e. The van der Waals surface area contributed by atoms with Gasteiger partial charge in [0.1, 0.15) is 0 Å². The highest BCUT2D eigenvalue weighted by Crippen LogP contribution is 2.12. The molecule has 0 saturated carbocycles. The Morgan fingerprint density at radius 3 is 2.58 bits per heavy atom. The molecular weight excluding hydrogens is 258 g/mol. The average molecular weight is 283 g/mol. The number of likely N-dealkylation sites (N-methyl/N-ethyl adjacent to an activating group) is 1. The molecule has 19 heavy (non-hydrogen) atoms. The van der Waals surface area contributed by atoms with Crippen LogP contribution in [0.2, 0.25) is 0 Å². The maximum atomic E-state index is 12.1. The maximum Gasteiger partial charge on any atom is 0.224 e. The molecule has 0 aromatic carbocycles. The van der Waals surface area contributed by atoms with Crippen molar-refractivity contribution < 1.29 is 4.79 Å². The van der Waals surface area contributed by atoms with Crippen LogP contribution in [0.4, 0.5) is 0 Å². The number of thiophene rings is 1. The predicted molar refractivity (Wildman–Crippen MR) is 81.2 cm³/mol. The quantitative estimate of drug-likeness (QED) is 0.751. The Hall–Kier alpha value is -0.910. The molecule has 108 valence electrons. The summed E-state index contributed by atoms with van der Waals surface area (Å²) in [5, 5.41) is 2.05. The molecule has 4 nitrogen and oxygen atoms in total. The number of hydrogen-bond donors (Lipinski definition) is 1. The summed E-state index contributed by atoms with van der Waals surface area (Å²) in [6.07, 6.45) is 0.434. The molecule has 0 aliphatic rings. The van der Waals surface area contributed by atoms with Gasteiger partial charge in [-0.1, -0.05) is 19.9 Å². The molecule has 0 radical (unpaired) electrons. The fourth-order valence-corrected chi connectivity index (χ4v) is 2.69. The van der Waals surface area contributed by atoms with E-state index in [1.54, 1.807) is 11.3 Å². The lowest BCUT2D eigenvalue weighted by atomic mass is 10.3. The minimum absolute atomic E-state index is 0.156. The Morgan fingerprint density at radius 2 is 2.05 bits per heavy atom. The number of hydrogen-bond acceptors (Lipinski definition) is 4. The normalized spacial score (nSPS) is 10.9. The zero-order valence-electron chi connectivity index (χ0n) is 12.0. The Kier molecular flexibility index (Phi) is 7.70. The minimum atomic E-state index is 0.156. The second-order valence-electron chi connectivity index (χ2n) is 4.46. The molecule has 2 N–H and O–H groups in total. The third-order valence-electron chi connectivity index (χ3n) is 3.22. The molecule has 1 rings (SSSR count). The van der Waals surface area contributed by atoms with Gasteiger partial charge in [-0.15, -0.1) is 11.3 Å². The molecule has 0 unspecified atom stereocenters. The van der Waals surface area contributed by atoms with Crippen molar-refractivity contribution in [1.29, 1.82) is 0 Å². The lowest BCUT2D eigenvalue weighted by Crippen LogP contribution is -2.38. The Balaban J connectivity index is 2.56. The topological polar surface area (TPSA) is 49.6 Å². The van der Waals surface area contributed by atoms with Gasteiger partial charge in [-0.3, -0.25) is 4.79 Å². The monoisotopic (exact) mass is 283 g/mol. The molecule has 1 heterocycles. The van der Waals surface area contributed by atoms with Crippen molar-refractivity contribution in [2.75, 3.05) is 32.7 Å². The first-order valence-corrected chi connectivity index (χ1v) is 7.81. The fourth-order valence-electron chi connectivity index (χ4n) is 1.97. The van der Waals surface area contributed by atoms with Crippen LogP contribution < -0.4 is 5.73 Å². The highest BCUT2D eigenvalue weighted by molar-refractivity contribution is 7.09. The second kappa shape index (κ2) is 9.07. The summed E-state index contributed by atoms with van der Waals surface area (Å²) in [7, 11) is 0. The Labute approximate surface area is 120 Å². The van der Waals surface area contributed by atoms with Gasteiger partial charge in [-0.25, -0.2) is 0 Å². The predicted octanol–water partition coefficient (Wildman–Crippen LogP) is 1.77. The van der Waals surface area contributed by atoms with Gasteiger partial charge in [-0.2, -0.15) is 0 Å². The first-order valence-electron chi connectivity index (χ1n) is 6.93. The van der Waals surface area contributed by atoms with Gasteiger partial charge in [0.05, 0.1) is 6.54 Å². The van der Waals surface area contributed by atoms with Gasteiger partial charge in [0.2, 0.25) is 5.91 Å². The van der Waals surface area contributed by atoms with Crippen molar-refractivity contribution >= 4 is 17.2 Å². The first-order chi connectivity index (χ1) is 9.21. The van der Waals surface area contributed by atoms with E-state index in [1.807, 2.05) is 16.3 Å². The Bertz CT molecular complexity index is 350. The zero-order chi connectivity index (χ0) is 14.1. The van der Waals surface area contributed by atoms with Crippen molar-refractivity contribution in [3.63, 3.8) is 0 Å². The van der Waals surface area contributed by atoms with Crippen molar-refractivity contribution in [2.24, 2.45) is 5.73 Å². The number of nitrogens with two attached hydrogens (primary N) is 1. The molecule has 0 spiro atoms. The third-order valence-corrected chi connectivity index (χ3v) is 4.08. The summed E-state index contributed by atoms with van der Waals surface area (Å²) in [6, 6.07) is 4.10. The zero-order valence-corrected chi connectivity index (χ0v) is 12.8. The van der Waals surface area contributed by atoms with E-state index in [9.17, 15) is 4.79 Å². The molecule has 0 saturated heterocycles. The highest BCUT2D eigenvalue weighted by Gasteiger charge is 2.14. The van der Waals surface area contributed by atoms with Crippen LogP contribution in [0, 0.1) is 0 Å². The SMILES string of the molecule is CCN(CC)CCN(Cc1cccs1)C(=O)CCN. The van der Waals surface area contributed by atoms with E-state index in [2.05, 4.69) is 24.8 Å². The van der Waals surface area contributed by atoms with Crippen molar-refractivity contribution in [2.45, 2.75) is 26.8 Å². The molecule has 0 bridgehead atoms. The molecule has 0 aliphatic carbocycles. The first kappa shape index (κ1) is 16.1. The van der Waals surface area contributed by atoms with Gasteiger partial charge in [0, 0.05) is 30.9 Å². The molecule has 1 amide bonds. The molecule has 0 atom stereocenters. The van der Waals surface area contributed by atoms with E-state index in [1.165, 1.54) is 4.88 Å². The molecule has 1 aromatic heterocycles. The number of carbonyl (C=O) groups excluding carboxylic acids is 1. The van der Waals surface area contributed by atoms with Gasteiger partial charge in [-0.05, 0) is 24.5 Å². The standard InChI is InChI=1S/C14H25N3OS/c1-3-16(4-2)9-10-17(14(18)7-8-15)12-13-6-5-11-19-13/h5-6,11H,3-4,7-10,12,15H2,1-2H3. The van der Waals surface area contributed by atoms with Gasteiger partial charge in [0.25, 0.3) is 0 Å². The number of carbonyl (C=O) groups is 1. The summed E-state index contributed by atoms with van der Waals surface area (Å²) < 4.78 is 0. The fraction of sp³-hybridized carbons (Fsp3) is 0.643. The van der Waals surface area contributed by atoms with Crippen LogP contribution >= 0.6 is 11.3 Å². The van der Waals surface area contributed by atoms with Crippen LogP contribution in [0.3, 0.4) is 0 Å². The lowest BCUT2D eigenvalue weighted by molar-refractivity contribution is -0.131. The van der Waals surface area contributed by atoms with E-state index in [0.717, 1.165) is 26.2 Å². The molecular formula is C14H25N3OS. The number of amides is 1. The van der Waals surface area contributed by atoms with E-state index in [-0.39, 0.29) is 5.91 Å². The summed E-state index contributed by atoms with van der Waals surface area (Å²) >= 11 is 1.69. The van der Waals surface area contributed by atoms with Crippen molar-refractivity contribution in [1.82, 2.24) is 9.80 Å². The summed E-state index contributed by atoms with van der Waals surface area (Å²) in [5.74, 6) is 0.156. The summed E-state index contributed by atoms with van der Waals surface area (Å²) in [4.78, 5) is 17.6. The Morgan fingerprint density at radius 1 is 1.32 bits per heavy atom. The van der Waals surface area contributed by atoms with Crippen LogP contribution in [0.25, 0.3) is 0 Å². The van der Waals surface area contributed by atoms with Gasteiger partial charge < -0.3 is 15.5 Å². The van der Waals surface area contributed by atoms with Gasteiger partial charge in [0.15, 0.2) is 0 Å². The largest absolute Gasteiger partial charge is 0.336 e. The molecule has 0 fully saturated rings. The van der Waals surface area contributed by atoms with Crippen LogP contribution in [0.1, 0.15) is 25.1 Å². The second-order valence-corrected chi connectivity index (χ2v) is 5.49. The molecule has 1 aromatic rings.